The lowest BCUT2D eigenvalue weighted by Crippen LogP contribution is -2.36. The lowest BCUT2D eigenvalue weighted by Gasteiger charge is -2.26. The molecule has 1 aliphatic rings. The molecule has 3 nitrogen and oxygen atoms in total. The first-order valence-electron chi connectivity index (χ1n) is 6.38. The molecule has 0 bridgehead atoms. The van der Waals surface area contributed by atoms with E-state index in [-0.39, 0.29) is 0 Å². The van der Waals surface area contributed by atoms with Crippen molar-refractivity contribution in [2.75, 3.05) is 25.7 Å². The maximum Gasteiger partial charge on any atom is 0.119 e. The van der Waals surface area contributed by atoms with Gasteiger partial charge < -0.3 is 10.1 Å². The first-order valence-corrected chi connectivity index (χ1v) is 8.11. The second-order valence-corrected chi connectivity index (χ2v) is 6.36. The number of hydrogen-bond acceptors (Lipinski definition) is 3. The zero-order chi connectivity index (χ0) is 13.0. The van der Waals surface area contributed by atoms with Gasteiger partial charge in [0, 0.05) is 35.4 Å². The number of fused-ring (bicyclic) bond motifs is 1. The Kier molecular flexibility index (Phi) is 4.78. The highest BCUT2D eigenvalue weighted by molar-refractivity contribution is 7.84. The summed E-state index contributed by atoms with van der Waals surface area (Å²) in [5, 5.41) is 3.50. The Bertz CT molecular complexity index is 434. The van der Waals surface area contributed by atoms with Gasteiger partial charge in [-0.15, -0.1) is 0 Å². The topological polar surface area (TPSA) is 38.3 Å². The molecule has 2 unspecified atom stereocenters. The van der Waals surface area contributed by atoms with Crippen molar-refractivity contribution in [3.63, 3.8) is 0 Å². The van der Waals surface area contributed by atoms with Gasteiger partial charge in [0.25, 0.3) is 0 Å². The Balaban J connectivity index is 1.93. The summed E-state index contributed by atoms with van der Waals surface area (Å²) in [6.45, 7) is 0.840. The number of benzene rings is 1. The Hall–Kier alpha value is -0.870. The molecule has 1 aromatic carbocycles. The summed E-state index contributed by atoms with van der Waals surface area (Å²) in [5.41, 5.74) is 2.82. The third-order valence-electron chi connectivity index (χ3n) is 3.46. The van der Waals surface area contributed by atoms with Crippen LogP contribution in [-0.2, 0) is 23.6 Å². The van der Waals surface area contributed by atoms with Crippen molar-refractivity contribution in [1.82, 2.24) is 5.32 Å². The average molecular weight is 267 g/mol. The molecule has 18 heavy (non-hydrogen) atoms. The van der Waals surface area contributed by atoms with Crippen LogP contribution < -0.4 is 10.1 Å². The molecule has 0 fully saturated rings. The number of nitrogens with one attached hydrogen (secondary N) is 1. The summed E-state index contributed by atoms with van der Waals surface area (Å²) in [6.07, 6.45) is 5.08. The summed E-state index contributed by atoms with van der Waals surface area (Å²) >= 11 is 0. The highest BCUT2D eigenvalue weighted by Gasteiger charge is 2.18. The molecule has 4 heteroatoms. The number of methoxy groups -OCH3 is 1. The minimum atomic E-state index is -0.703. The minimum absolute atomic E-state index is 0.508. The van der Waals surface area contributed by atoms with E-state index >= 15 is 0 Å². The van der Waals surface area contributed by atoms with Crippen LogP contribution in [0, 0.1) is 0 Å². The minimum Gasteiger partial charge on any atom is -0.497 e. The summed E-state index contributed by atoms with van der Waals surface area (Å²) < 4.78 is 16.3. The molecule has 1 N–H and O–H groups in total. The van der Waals surface area contributed by atoms with E-state index in [0.29, 0.717) is 6.04 Å². The van der Waals surface area contributed by atoms with Crippen molar-refractivity contribution in [2.24, 2.45) is 0 Å². The van der Waals surface area contributed by atoms with Crippen molar-refractivity contribution in [2.45, 2.75) is 25.3 Å². The Morgan fingerprint density at radius 3 is 3.00 bits per heavy atom. The van der Waals surface area contributed by atoms with Crippen LogP contribution in [0.15, 0.2) is 18.2 Å². The highest BCUT2D eigenvalue weighted by atomic mass is 32.2. The van der Waals surface area contributed by atoms with Crippen LogP contribution in [0.4, 0.5) is 0 Å². The van der Waals surface area contributed by atoms with E-state index in [1.165, 1.54) is 11.1 Å². The van der Waals surface area contributed by atoms with Gasteiger partial charge in [-0.3, -0.25) is 4.21 Å². The van der Waals surface area contributed by atoms with Gasteiger partial charge in [-0.05, 0) is 42.5 Å². The molecule has 0 radical (unpaired) electrons. The summed E-state index contributed by atoms with van der Waals surface area (Å²) in [7, 11) is 1.00. The Morgan fingerprint density at radius 1 is 1.44 bits per heavy atom. The number of rotatable bonds is 5. The van der Waals surface area contributed by atoms with Crippen LogP contribution in [0.2, 0.25) is 0 Å². The second-order valence-electron chi connectivity index (χ2n) is 4.81. The molecular weight excluding hydrogens is 246 g/mol. The smallest absolute Gasteiger partial charge is 0.119 e. The average Bonchev–Trinajstić information content (AvgIpc) is 2.37. The Morgan fingerprint density at radius 2 is 2.28 bits per heavy atom. The summed E-state index contributed by atoms with van der Waals surface area (Å²) in [6, 6.07) is 6.85. The number of hydrogen-bond donors (Lipinski definition) is 1. The van der Waals surface area contributed by atoms with E-state index in [1.54, 1.807) is 13.4 Å². The molecule has 0 heterocycles. The van der Waals surface area contributed by atoms with E-state index < -0.39 is 10.8 Å². The molecule has 0 saturated heterocycles. The molecule has 2 rings (SSSR count). The third kappa shape index (κ3) is 3.56. The summed E-state index contributed by atoms with van der Waals surface area (Å²) in [4.78, 5) is 0. The van der Waals surface area contributed by atoms with Gasteiger partial charge in [0.1, 0.15) is 5.75 Å². The molecule has 0 aliphatic heterocycles. The quantitative estimate of drug-likeness (QED) is 0.879. The molecule has 100 valence electrons. The van der Waals surface area contributed by atoms with Crippen molar-refractivity contribution in [1.29, 1.82) is 0 Å². The van der Waals surface area contributed by atoms with Gasteiger partial charge in [-0.2, -0.15) is 0 Å². The molecule has 0 amide bonds. The fourth-order valence-corrected chi connectivity index (χ4v) is 2.85. The van der Waals surface area contributed by atoms with E-state index in [0.717, 1.165) is 37.3 Å². The van der Waals surface area contributed by atoms with Crippen LogP contribution in [0.25, 0.3) is 0 Å². The molecule has 1 aromatic rings. The standard InChI is InChI=1S/C14H21NO2S/c1-17-14-6-4-11-3-5-13(9-12(11)10-14)15-7-8-18(2)16/h4,6,10,13,15H,3,5,7-9H2,1-2H3. The van der Waals surface area contributed by atoms with E-state index in [2.05, 4.69) is 17.4 Å². The largest absolute Gasteiger partial charge is 0.497 e. The van der Waals surface area contributed by atoms with Crippen molar-refractivity contribution in [3.05, 3.63) is 29.3 Å². The molecule has 0 saturated carbocycles. The normalized spacial score (nSPS) is 20.2. The van der Waals surface area contributed by atoms with Crippen LogP contribution >= 0.6 is 0 Å². The van der Waals surface area contributed by atoms with Crippen LogP contribution in [0.3, 0.4) is 0 Å². The SMILES string of the molecule is COc1ccc2c(c1)CC(NCCS(C)=O)CC2. The number of ether oxygens (including phenoxy) is 1. The molecule has 1 aliphatic carbocycles. The van der Waals surface area contributed by atoms with Crippen LogP contribution in [0.1, 0.15) is 17.5 Å². The van der Waals surface area contributed by atoms with E-state index in [1.807, 2.05) is 6.07 Å². The zero-order valence-corrected chi connectivity index (χ0v) is 11.9. The highest BCUT2D eigenvalue weighted by Crippen LogP contribution is 2.25. The van der Waals surface area contributed by atoms with E-state index in [4.69, 9.17) is 4.74 Å². The van der Waals surface area contributed by atoms with Gasteiger partial charge in [-0.25, -0.2) is 0 Å². The van der Waals surface area contributed by atoms with Gasteiger partial charge >= 0.3 is 0 Å². The predicted molar refractivity (Wildman–Crippen MR) is 75.7 cm³/mol. The van der Waals surface area contributed by atoms with Crippen molar-refractivity contribution in [3.8, 4) is 5.75 Å². The number of aryl methyl sites for hydroxylation is 1. The van der Waals surface area contributed by atoms with E-state index in [9.17, 15) is 4.21 Å². The molecule has 0 aromatic heterocycles. The fraction of sp³-hybridized carbons (Fsp3) is 0.571. The first kappa shape index (κ1) is 13.6. The Labute approximate surface area is 111 Å². The second kappa shape index (κ2) is 6.34. The maximum atomic E-state index is 11.0. The van der Waals surface area contributed by atoms with Gasteiger partial charge in [0.2, 0.25) is 0 Å². The zero-order valence-electron chi connectivity index (χ0n) is 11.1. The van der Waals surface area contributed by atoms with Crippen molar-refractivity contribution >= 4 is 10.8 Å². The first-order chi connectivity index (χ1) is 8.69. The monoisotopic (exact) mass is 267 g/mol. The lowest BCUT2D eigenvalue weighted by atomic mass is 9.88. The lowest BCUT2D eigenvalue weighted by molar-refractivity contribution is 0.411. The van der Waals surface area contributed by atoms with Crippen molar-refractivity contribution < 1.29 is 8.95 Å². The molecule has 2 atom stereocenters. The van der Waals surface area contributed by atoms with Gasteiger partial charge in [-0.1, -0.05) is 6.07 Å². The summed E-state index contributed by atoms with van der Waals surface area (Å²) in [5.74, 6) is 1.67. The van der Waals surface area contributed by atoms with Gasteiger partial charge in [0.15, 0.2) is 0 Å². The van der Waals surface area contributed by atoms with Crippen LogP contribution in [0.5, 0.6) is 5.75 Å². The molecule has 0 spiro atoms. The van der Waals surface area contributed by atoms with Crippen LogP contribution in [-0.4, -0.2) is 35.9 Å². The maximum absolute atomic E-state index is 11.0. The molecular formula is C14H21NO2S. The van der Waals surface area contributed by atoms with Gasteiger partial charge in [0.05, 0.1) is 7.11 Å². The predicted octanol–water partition coefficient (Wildman–Crippen LogP) is 1.52. The third-order valence-corrected chi connectivity index (χ3v) is 4.24. The fourth-order valence-electron chi connectivity index (χ4n) is 2.44.